The number of rotatable bonds is 2. The minimum atomic E-state index is -0.407. The number of carbonyl (C=O) groups excluding carboxylic acids is 1. The molecule has 0 amide bonds. The van der Waals surface area contributed by atoms with Gasteiger partial charge in [-0.1, -0.05) is 19.9 Å². The van der Waals surface area contributed by atoms with Crippen molar-refractivity contribution < 1.29 is 9.53 Å². The van der Waals surface area contributed by atoms with Gasteiger partial charge in [0.1, 0.15) is 5.60 Å². The molecule has 0 aromatic rings. The van der Waals surface area contributed by atoms with Gasteiger partial charge in [-0.2, -0.15) is 0 Å². The number of carbonyl (C=O) groups is 1. The second-order valence-corrected chi connectivity index (χ2v) is 8.59. The Morgan fingerprint density at radius 2 is 1.81 bits per heavy atom. The Balaban J connectivity index is 2.70. The van der Waals surface area contributed by atoms with E-state index in [2.05, 4.69) is 45.7 Å². The van der Waals surface area contributed by atoms with Crippen LogP contribution in [0.4, 0.5) is 0 Å². The topological polar surface area (TPSA) is 26.3 Å². The Kier molecular flexibility index (Phi) is 3.96. The third-order valence-corrected chi connectivity index (χ3v) is 3.41. The monoisotopic (exact) mass is 352 g/mol. The lowest BCUT2D eigenvalue weighted by atomic mass is 10.1. The van der Waals surface area contributed by atoms with Gasteiger partial charge in [-0.05, 0) is 64.0 Å². The average Bonchev–Trinajstić information content (AvgIpc) is 2.47. The van der Waals surface area contributed by atoms with Gasteiger partial charge in [0.05, 0.1) is 9.31 Å². The zero-order chi connectivity index (χ0) is 12.7. The average molecular weight is 354 g/mol. The van der Waals surface area contributed by atoms with Crippen LogP contribution in [-0.2, 0) is 9.53 Å². The molecule has 0 saturated heterocycles. The summed E-state index contributed by atoms with van der Waals surface area (Å²) >= 11 is 6.66. The van der Waals surface area contributed by atoms with Crippen LogP contribution in [0.3, 0.4) is 0 Å². The van der Waals surface area contributed by atoms with E-state index in [4.69, 9.17) is 4.74 Å². The minimum absolute atomic E-state index is 0.00484. The van der Waals surface area contributed by atoms with Crippen LogP contribution in [0.5, 0.6) is 0 Å². The summed E-state index contributed by atoms with van der Waals surface area (Å²) in [6.07, 6.45) is 2.02. The van der Waals surface area contributed by atoms with Gasteiger partial charge in [0.25, 0.3) is 0 Å². The normalized spacial score (nSPS) is 27.2. The zero-order valence-electron chi connectivity index (χ0n) is 10.3. The molecular formula is C12H18Br2O2. The van der Waals surface area contributed by atoms with E-state index in [9.17, 15) is 4.79 Å². The highest BCUT2D eigenvalue weighted by atomic mass is 79.9. The van der Waals surface area contributed by atoms with Crippen molar-refractivity contribution in [3.05, 3.63) is 9.47 Å². The van der Waals surface area contributed by atoms with E-state index in [0.29, 0.717) is 0 Å². The maximum Gasteiger partial charge on any atom is 0.310 e. The van der Waals surface area contributed by atoms with Gasteiger partial charge in [0, 0.05) is 0 Å². The molecule has 0 aromatic heterocycles. The van der Waals surface area contributed by atoms with Crippen molar-refractivity contribution in [1.29, 1.82) is 0 Å². The first kappa shape index (κ1) is 14.2. The van der Waals surface area contributed by atoms with Gasteiger partial charge in [0.2, 0.25) is 0 Å². The van der Waals surface area contributed by atoms with Crippen LogP contribution in [0, 0.1) is 17.3 Å². The van der Waals surface area contributed by atoms with E-state index in [1.54, 1.807) is 0 Å². The highest BCUT2D eigenvalue weighted by Gasteiger charge is 2.61. The van der Waals surface area contributed by atoms with Gasteiger partial charge in [-0.3, -0.25) is 4.79 Å². The van der Waals surface area contributed by atoms with Crippen molar-refractivity contribution in [3.8, 4) is 0 Å². The van der Waals surface area contributed by atoms with E-state index in [0.717, 1.165) is 3.39 Å². The van der Waals surface area contributed by atoms with Crippen LogP contribution in [-0.4, -0.2) is 11.6 Å². The fraction of sp³-hybridized carbons (Fsp3) is 0.750. The summed E-state index contributed by atoms with van der Waals surface area (Å²) in [4.78, 5) is 11.9. The molecule has 4 heteroatoms. The molecule has 0 radical (unpaired) electrons. The molecule has 1 fully saturated rings. The van der Waals surface area contributed by atoms with Gasteiger partial charge in [-0.15, -0.1) is 0 Å². The Morgan fingerprint density at radius 1 is 1.31 bits per heavy atom. The maximum absolute atomic E-state index is 11.9. The SMILES string of the molecule is CC(C)(C)OC(=O)[C@@H]1[C@H](C=C(Br)Br)C1(C)C. The molecule has 0 aromatic carbocycles. The molecule has 16 heavy (non-hydrogen) atoms. The lowest BCUT2D eigenvalue weighted by molar-refractivity contribution is -0.157. The first-order chi connectivity index (χ1) is 7.05. The second kappa shape index (κ2) is 4.45. The zero-order valence-corrected chi connectivity index (χ0v) is 13.5. The van der Waals surface area contributed by atoms with Crippen molar-refractivity contribution in [2.45, 2.75) is 40.2 Å². The highest BCUT2D eigenvalue weighted by molar-refractivity contribution is 9.28. The summed E-state index contributed by atoms with van der Waals surface area (Å²) in [6.45, 7) is 9.86. The fourth-order valence-corrected chi connectivity index (χ4v) is 2.51. The highest BCUT2D eigenvalue weighted by Crippen LogP contribution is 2.60. The molecule has 0 aliphatic heterocycles. The summed E-state index contributed by atoms with van der Waals surface area (Å²) in [5, 5.41) is 0. The fourth-order valence-electron chi connectivity index (χ4n) is 1.94. The largest absolute Gasteiger partial charge is 0.460 e. The summed E-state index contributed by atoms with van der Waals surface area (Å²) in [7, 11) is 0. The van der Waals surface area contributed by atoms with Gasteiger partial charge in [-0.25, -0.2) is 0 Å². The molecule has 1 aliphatic carbocycles. The van der Waals surface area contributed by atoms with Crippen LogP contribution in [0.2, 0.25) is 0 Å². The molecule has 0 spiro atoms. The van der Waals surface area contributed by atoms with E-state index in [1.165, 1.54) is 0 Å². The lowest BCUT2D eigenvalue weighted by Crippen LogP contribution is -2.26. The number of esters is 1. The van der Waals surface area contributed by atoms with E-state index in [-0.39, 0.29) is 23.2 Å². The number of ether oxygens (including phenoxy) is 1. The summed E-state index contributed by atoms with van der Waals surface area (Å²) in [5.74, 6) is 0.118. The lowest BCUT2D eigenvalue weighted by Gasteiger charge is -2.19. The molecule has 0 bridgehead atoms. The number of hydrogen-bond acceptors (Lipinski definition) is 2. The number of allylic oxidation sites excluding steroid dienone is 1. The van der Waals surface area contributed by atoms with E-state index in [1.807, 2.05) is 26.8 Å². The molecule has 0 unspecified atom stereocenters. The summed E-state index contributed by atoms with van der Waals surface area (Å²) < 4.78 is 6.30. The summed E-state index contributed by atoms with van der Waals surface area (Å²) in [6, 6.07) is 0. The predicted molar refractivity (Wildman–Crippen MR) is 72.5 cm³/mol. The van der Waals surface area contributed by atoms with Gasteiger partial charge in [0.15, 0.2) is 0 Å². The Morgan fingerprint density at radius 3 is 2.19 bits per heavy atom. The van der Waals surface area contributed by atoms with Crippen molar-refractivity contribution >= 4 is 37.8 Å². The van der Waals surface area contributed by atoms with Gasteiger partial charge < -0.3 is 4.74 Å². The Labute approximate surface area is 114 Å². The number of halogens is 2. The van der Waals surface area contributed by atoms with Crippen LogP contribution in [0.1, 0.15) is 34.6 Å². The molecule has 0 N–H and O–H groups in total. The van der Waals surface area contributed by atoms with E-state index < -0.39 is 5.60 Å². The third kappa shape index (κ3) is 3.33. The van der Waals surface area contributed by atoms with Crippen LogP contribution >= 0.6 is 31.9 Å². The first-order valence-corrected chi connectivity index (χ1v) is 6.90. The smallest absolute Gasteiger partial charge is 0.310 e. The van der Waals surface area contributed by atoms with Crippen molar-refractivity contribution in [3.63, 3.8) is 0 Å². The first-order valence-electron chi connectivity index (χ1n) is 5.31. The second-order valence-electron chi connectivity index (χ2n) is 5.81. The standard InChI is InChI=1S/C12H18Br2O2/c1-11(2,3)16-10(15)9-7(6-8(13)14)12(9,4)5/h6-7,9H,1-5H3/t7-,9-/m0/s1. The molecular weight excluding hydrogens is 336 g/mol. The molecule has 0 heterocycles. The van der Waals surface area contributed by atoms with Crippen molar-refractivity contribution in [1.82, 2.24) is 0 Å². The van der Waals surface area contributed by atoms with E-state index >= 15 is 0 Å². The molecule has 92 valence electrons. The molecule has 2 atom stereocenters. The maximum atomic E-state index is 11.9. The van der Waals surface area contributed by atoms with Crippen molar-refractivity contribution in [2.75, 3.05) is 0 Å². The van der Waals surface area contributed by atoms with Crippen LogP contribution < -0.4 is 0 Å². The van der Waals surface area contributed by atoms with Crippen molar-refractivity contribution in [2.24, 2.45) is 17.3 Å². The summed E-state index contributed by atoms with van der Waals surface area (Å²) in [5.41, 5.74) is -0.412. The molecule has 2 nitrogen and oxygen atoms in total. The molecule has 1 saturated carbocycles. The quantitative estimate of drug-likeness (QED) is 0.694. The Hall–Kier alpha value is 0.170. The van der Waals surface area contributed by atoms with Crippen LogP contribution in [0.15, 0.2) is 9.47 Å². The third-order valence-electron chi connectivity index (χ3n) is 2.88. The predicted octanol–water partition coefficient (Wildman–Crippen LogP) is 4.23. The van der Waals surface area contributed by atoms with Crippen LogP contribution in [0.25, 0.3) is 0 Å². The molecule has 1 rings (SSSR count). The minimum Gasteiger partial charge on any atom is -0.460 e. The van der Waals surface area contributed by atoms with Gasteiger partial charge >= 0.3 is 5.97 Å². The molecule has 1 aliphatic rings. The number of hydrogen-bond donors (Lipinski definition) is 0. The Bertz CT molecular complexity index is 322.